The fourth-order valence-electron chi connectivity index (χ4n) is 7.90. The first-order valence-electron chi connectivity index (χ1n) is 20.1. The number of nitrogens with zero attached hydrogens (tertiary/aromatic N) is 7. The lowest BCUT2D eigenvalue weighted by atomic mass is 9.79. The van der Waals surface area contributed by atoms with Crippen molar-refractivity contribution in [2.75, 3.05) is 48.1 Å². The minimum atomic E-state index is -1.77. The van der Waals surface area contributed by atoms with Gasteiger partial charge in [0.1, 0.15) is 34.9 Å². The number of H-pyrrole nitrogens is 1. The van der Waals surface area contributed by atoms with Crippen molar-refractivity contribution in [2.24, 2.45) is 4.99 Å². The highest BCUT2D eigenvalue weighted by Gasteiger charge is 2.65. The number of fused-ring (bicyclic) bond motifs is 3. The van der Waals surface area contributed by atoms with Crippen LogP contribution < -0.4 is 15.0 Å². The van der Waals surface area contributed by atoms with Crippen LogP contribution in [-0.4, -0.2) is 113 Å². The van der Waals surface area contributed by atoms with Crippen LogP contribution in [0.15, 0.2) is 95.0 Å². The van der Waals surface area contributed by atoms with Crippen molar-refractivity contribution in [1.29, 1.82) is 5.26 Å². The molecule has 2 aliphatic rings. The van der Waals surface area contributed by atoms with Gasteiger partial charge in [0.15, 0.2) is 17.4 Å². The normalized spacial score (nSPS) is 20.6. The Morgan fingerprint density at radius 3 is 2.20 bits per heavy atom. The summed E-state index contributed by atoms with van der Waals surface area (Å²) < 4.78 is 50.0. The minimum absolute atomic E-state index is 0.0264. The van der Waals surface area contributed by atoms with Crippen molar-refractivity contribution >= 4 is 32.0 Å². The van der Waals surface area contributed by atoms with Crippen molar-refractivity contribution in [3.05, 3.63) is 112 Å². The summed E-state index contributed by atoms with van der Waals surface area (Å²) in [4.78, 5) is 31.2. The Morgan fingerprint density at radius 1 is 1.00 bits per heavy atom. The molecule has 3 aromatic carbocycles. The molecule has 0 amide bonds. The molecule has 2 aromatic heterocycles. The zero-order valence-electron chi connectivity index (χ0n) is 35.7. The minimum Gasteiger partial charge on any atom is -0.497 e. The van der Waals surface area contributed by atoms with E-state index in [1.165, 1.54) is 6.33 Å². The van der Waals surface area contributed by atoms with Gasteiger partial charge in [0, 0.05) is 26.2 Å². The molecule has 2 saturated heterocycles. The first-order valence-corrected chi connectivity index (χ1v) is 21.3. The number of aromatic nitrogens is 4. The van der Waals surface area contributed by atoms with Crippen LogP contribution >= 0.6 is 8.53 Å². The molecule has 5 aromatic rings. The number of rotatable bonds is 19. The van der Waals surface area contributed by atoms with Crippen molar-refractivity contribution in [3.63, 3.8) is 0 Å². The number of ether oxygens (including phenoxy) is 5. The van der Waals surface area contributed by atoms with Gasteiger partial charge in [0.05, 0.1) is 59.2 Å². The molecule has 0 radical (unpaired) electrons. The van der Waals surface area contributed by atoms with E-state index in [-0.39, 0.29) is 55.4 Å². The molecule has 0 spiro atoms. The maximum absolute atomic E-state index is 13.3. The number of imidazole rings is 1. The summed E-state index contributed by atoms with van der Waals surface area (Å²) in [6.07, 6.45) is 0.908. The van der Waals surface area contributed by atoms with Crippen molar-refractivity contribution < 1.29 is 32.7 Å². The number of benzene rings is 3. The van der Waals surface area contributed by atoms with Crippen LogP contribution in [-0.2, 0) is 28.9 Å². The van der Waals surface area contributed by atoms with Gasteiger partial charge in [-0.05, 0) is 68.7 Å². The van der Waals surface area contributed by atoms with Crippen LogP contribution in [0.1, 0.15) is 57.0 Å². The second-order valence-electron chi connectivity index (χ2n) is 15.6. The molecule has 0 saturated carbocycles. The highest BCUT2D eigenvalue weighted by atomic mass is 31.2. The predicted octanol–water partition coefficient (Wildman–Crippen LogP) is 6.69. The number of aromatic amines is 1. The molecule has 5 atom stereocenters. The summed E-state index contributed by atoms with van der Waals surface area (Å²) in [6.45, 7) is 8.59. The number of methoxy groups -OCH3 is 2. The van der Waals surface area contributed by atoms with E-state index in [4.69, 9.17) is 37.7 Å². The largest absolute Gasteiger partial charge is 0.497 e. The third-order valence-corrected chi connectivity index (χ3v) is 12.8. The Hall–Kier alpha value is -5.24. The van der Waals surface area contributed by atoms with Crippen molar-refractivity contribution in [3.8, 4) is 17.6 Å². The highest BCUT2D eigenvalue weighted by Crippen LogP contribution is 2.56. The van der Waals surface area contributed by atoms with Crippen molar-refractivity contribution in [2.45, 2.75) is 75.8 Å². The van der Waals surface area contributed by atoms with Gasteiger partial charge in [-0.2, -0.15) is 10.2 Å². The number of nitrogens with one attached hydrogen (secondary N) is 1. The van der Waals surface area contributed by atoms with E-state index < -0.39 is 43.7 Å². The Labute approximate surface area is 357 Å². The molecule has 16 nitrogen and oxygen atoms in total. The van der Waals surface area contributed by atoms with Crippen LogP contribution in [0.25, 0.3) is 11.2 Å². The molecule has 0 aliphatic carbocycles. The van der Waals surface area contributed by atoms with Crippen LogP contribution in [0.2, 0.25) is 0 Å². The van der Waals surface area contributed by atoms with Crippen molar-refractivity contribution in [1.82, 2.24) is 29.1 Å². The smallest absolute Gasteiger partial charge is 0.280 e. The third-order valence-electron chi connectivity index (χ3n) is 10.7. The molecule has 2 fully saturated rings. The second-order valence-corrected chi connectivity index (χ2v) is 17.0. The van der Waals surface area contributed by atoms with Crippen LogP contribution in [0.4, 0.5) is 5.95 Å². The molecule has 2 aliphatic heterocycles. The summed E-state index contributed by atoms with van der Waals surface area (Å²) in [7, 11) is 5.14. The molecule has 4 heterocycles. The Bertz CT molecular complexity index is 2310. The van der Waals surface area contributed by atoms with E-state index in [9.17, 15) is 10.1 Å². The number of nitriles is 1. The lowest BCUT2D eigenvalue weighted by Gasteiger charge is -2.41. The SMILES string of the molecule is COc1ccc(C(OC[C@]23CO[C@H](C2OP(OCCC#N)N(C(C)C)C(C)C)[C@H](n2cnc4c(=O)[nH]c(N=CN(C)C)nc42)O3)(c2ccccc2)c2ccc(OC)cc2)cc1. The average Bonchev–Trinajstić information content (AvgIpc) is 3.93. The average molecular weight is 853 g/mol. The van der Waals surface area contributed by atoms with Gasteiger partial charge in [0.25, 0.3) is 14.1 Å². The van der Waals surface area contributed by atoms with Gasteiger partial charge in [-0.25, -0.2) is 14.6 Å². The predicted molar refractivity (Wildman–Crippen MR) is 231 cm³/mol. The van der Waals surface area contributed by atoms with Crippen LogP contribution in [0.3, 0.4) is 0 Å². The van der Waals surface area contributed by atoms with Gasteiger partial charge < -0.3 is 37.6 Å². The Morgan fingerprint density at radius 2 is 1.62 bits per heavy atom. The van der Waals surface area contributed by atoms with Crippen LogP contribution in [0.5, 0.6) is 11.5 Å². The Balaban J connectivity index is 1.37. The number of hydrogen-bond acceptors (Lipinski definition) is 13. The lowest BCUT2D eigenvalue weighted by Crippen LogP contribution is -2.49. The van der Waals surface area contributed by atoms with E-state index >= 15 is 0 Å². The summed E-state index contributed by atoms with van der Waals surface area (Å²) in [6, 6.07) is 27.9. The molecule has 1 N–H and O–H groups in total. The van der Waals surface area contributed by atoms with Gasteiger partial charge in [-0.15, -0.1) is 0 Å². The van der Waals surface area contributed by atoms with E-state index in [2.05, 4.69) is 53.4 Å². The highest BCUT2D eigenvalue weighted by molar-refractivity contribution is 7.44. The summed E-state index contributed by atoms with van der Waals surface area (Å²) in [5.74, 6) is 1.50. The van der Waals surface area contributed by atoms with E-state index in [1.54, 1.807) is 30.0 Å². The summed E-state index contributed by atoms with van der Waals surface area (Å²) in [5.41, 5.74) is 0.0492. The molecule has 17 heteroatoms. The molecular weight excluding hydrogens is 800 g/mol. The molecule has 322 valence electrons. The molecule has 2 bridgehead atoms. The van der Waals surface area contributed by atoms with Gasteiger partial charge in [0.2, 0.25) is 5.95 Å². The van der Waals surface area contributed by atoms with Gasteiger partial charge in [-0.1, -0.05) is 54.6 Å². The first kappa shape index (κ1) is 43.8. The molecule has 61 heavy (non-hydrogen) atoms. The van der Waals surface area contributed by atoms with E-state index in [0.717, 1.165) is 16.7 Å². The maximum Gasteiger partial charge on any atom is 0.280 e. The van der Waals surface area contributed by atoms with E-state index in [1.807, 2.05) is 93.0 Å². The molecular formula is C44H53N8O8P. The summed E-state index contributed by atoms with van der Waals surface area (Å²) in [5, 5.41) is 9.47. The molecule has 2 unspecified atom stereocenters. The van der Waals surface area contributed by atoms with Gasteiger partial charge >= 0.3 is 0 Å². The third kappa shape index (κ3) is 8.78. The number of aliphatic imine (C=N–C) groups is 1. The maximum atomic E-state index is 13.3. The summed E-state index contributed by atoms with van der Waals surface area (Å²) >= 11 is 0. The quantitative estimate of drug-likeness (QED) is 0.0307. The van der Waals surface area contributed by atoms with E-state index in [0.29, 0.717) is 11.5 Å². The first-order chi connectivity index (χ1) is 29.4. The monoisotopic (exact) mass is 852 g/mol. The van der Waals surface area contributed by atoms with Crippen LogP contribution in [0, 0.1) is 11.3 Å². The number of hydrogen-bond donors (Lipinski definition) is 1. The topological polar surface area (TPSA) is 171 Å². The fraction of sp³-hybridized carbons (Fsp3) is 0.432. The second kappa shape index (κ2) is 18.8. The standard InChI is InChI=1S/C44H53N8O8P/c1-29(2)52(30(3)4)61(58-24-12-23-45)60-38-37-41(51-28-46-36-39(51)48-42(49-40(36)53)47-27-50(5)6)59-43(38,25-56-37)26-57-44(31-13-10-9-11-14-31,32-15-19-34(54-7)20-16-32)33-17-21-35(55-8)22-18-33/h9-11,13-22,27-30,37-38,41H,12,24-26H2,1-8H3,(H,48,49,53)/t37-,38?,41-,43-,61?/m1/s1. The molecule has 7 rings (SSSR count). The van der Waals surface area contributed by atoms with Gasteiger partial charge in [-0.3, -0.25) is 14.3 Å². The zero-order valence-corrected chi connectivity index (χ0v) is 36.6. The fourth-order valence-corrected chi connectivity index (χ4v) is 9.71. The lowest BCUT2D eigenvalue weighted by molar-refractivity contribution is -0.202. The zero-order chi connectivity index (χ0) is 43.3. The Kier molecular flexibility index (Phi) is 13.5.